The second-order valence-corrected chi connectivity index (χ2v) is 10.0. The molecule has 3 N–H and O–H groups in total. The molecule has 3 heterocycles. The van der Waals surface area contributed by atoms with Crippen LogP contribution in [0.4, 0.5) is 22.9 Å². The Kier molecular flexibility index (Phi) is 8.18. The molecule has 2 aromatic heterocycles. The number of pyridine rings is 1. The molecule has 1 aromatic carbocycles. The molecule has 1 atom stereocenters. The number of aryl methyl sites for hydroxylation is 1. The monoisotopic (exact) mass is 517 g/mol. The zero-order valence-electron chi connectivity index (χ0n) is 21.7. The van der Waals surface area contributed by atoms with E-state index in [0.717, 1.165) is 43.1 Å². The zero-order chi connectivity index (χ0) is 26.3. The van der Waals surface area contributed by atoms with Crippen molar-refractivity contribution in [3.05, 3.63) is 60.6 Å². The van der Waals surface area contributed by atoms with Crippen LogP contribution in [0.2, 0.25) is 0 Å². The van der Waals surface area contributed by atoms with Crippen LogP contribution in [0.25, 0.3) is 0 Å². The molecule has 0 radical (unpaired) electrons. The van der Waals surface area contributed by atoms with Gasteiger partial charge in [-0.05, 0) is 42.7 Å². The highest BCUT2D eigenvalue weighted by molar-refractivity contribution is 6.01. The molecule has 2 fully saturated rings. The summed E-state index contributed by atoms with van der Waals surface area (Å²) in [6.07, 6.45) is 10.3. The van der Waals surface area contributed by atoms with Crippen molar-refractivity contribution in [1.82, 2.24) is 20.1 Å². The van der Waals surface area contributed by atoms with Crippen LogP contribution in [-0.2, 0) is 16.6 Å². The van der Waals surface area contributed by atoms with Gasteiger partial charge in [0.05, 0.1) is 37.0 Å². The fraction of sp³-hybridized carbons (Fsp3) is 0.429. The van der Waals surface area contributed by atoms with Gasteiger partial charge in [-0.15, -0.1) is 0 Å². The summed E-state index contributed by atoms with van der Waals surface area (Å²) in [7, 11) is 1.79. The van der Waals surface area contributed by atoms with Crippen LogP contribution >= 0.6 is 0 Å². The van der Waals surface area contributed by atoms with Crippen LogP contribution in [0.5, 0.6) is 0 Å². The molecular formula is C28H35N7O3. The van der Waals surface area contributed by atoms with Gasteiger partial charge in [0.15, 0.2) is 0 Å². The predicted octanol–water partition coefficient (Wildman–Crippen LogP) is 3.71. The van der Waals surface area contributed by atoms with Gasteiger partial charge in [-0.3, -0.25) is 14.3 Å². The number of carbonyl (C=O) groups is 2. The van der Waals surface area contributed by atoms with Gasteiger partial charge in [-0.2, -0.15) is 5.10 Å². The average molecular weight is 518 g/mol. The maximum absolute atomic E-state index is 13.3. The number of benzene rings is 1. The van der Waals surface area contributed by atoms with Crippen molar-refractivity contribution in [2.24, 2.45) is 13.0 Å². The highest BCUT2D eigenvalue weighted by atomic mass is 16.5. The minimum Gasteiger partial charge on any atom is -0.378 e. The molecule has 38 heavy (non-hydrogen) atoms. The number of anilines is 4. The molecule has 200 valence electrons. The Morgan fingerprint density at radius 1 is 1.05 bits per heavy atom. The first kappa shape index (κ1) is 25.7. The lowest BCUT2D eigenvalue weighted by atomic mass is 9.97. The predicted molar refractivity (Wildman–Crippen MR) is 147 cm³/mol. The fourth-order valence-electron chi connectivity index (χ4n) is 5.11. The number of ether oxygens (including phenoxy) is 1. The standard InChI is InChI=1S/C28H35N7O3/c1-34-19-24(18-30-34)32-28(37)25(15-20-5-2-3-6-20)33-27(36)21-7-4-8-22(16-21)31-23-9-10-26(29-17-23)35-11-13-38-14-12-35/h4,7-10,16-20,25,31H,2-3,5-6,11-15H2,1H3,(H,32,37)(H,33,36)/t25-/m0/s1. The van der Waals surface area contributed by atoms with Crippen molar-refractivity contribution in [2.45, 2.75) is 38.1 Å². The van der Waals surface area contributed by atoms with Gasteiger partial charge in [-0.25, -0.2) is 4.98 Å². The van der Waals surface area contributed by atoms with Crippen molar-refractivity contribution in [1.29, 1.82) is 0 Å². The van der Waals surface area contributed by atoms with Gasteiger partial charge >= 0.3 is 0 Å². The van der Waals surface area contributed by atoms with E-state index in [0.29, 0.717) is 36.8 Å². The van der Waals surface area contributed by atoms with E-state index in [9.17, 15) is 9.59 Å². The van der Waals surface area contributed by atoms with Crippen LogP contribution in [0.15, 0.2) is 55.0 Å². The third-order valence-electron chi connectivity index (χ3n) is 7.13. The first-order chi connectivity index (χ1) is 18.5. The Hall–Kier alpha value is -3.92. The molecule has 1 aliphatic heterocycles. The molecule has 0 spiro atoms. The minimum absolute atomic E-state index is 0.223. The molecule has 10 heteroatoms. The smallest absolute Gasteiger partial charge is 0.252 e. The normalized spacial score (nSPS) is 16.7. The molecule has 1 saturated carbocycles. The van der Waals surface area contributed by atoms with E-state index >= 15 is 0 Å². The van der Waals surface area contributed by atoms with E-state index in [1.54, 1.807) is 42.5 Å². The van der Waals surface area contributed by atoms with Crippen molar-refractivity contribution >= 4 is 34.7 Å². The fourth-order valence-corrected chi connectivity index (χ4v) is 5.11. The van der Waals surface area contributed by atoms with Crippen molar-refractivity contribution in [3.63, 3.8) is 0 Å². The third-order valence-corrected chi connectivity index (χ3v) is 7.13. The Morgan fingerprint density at radius 2 is 1.87 bits per heavy atom. The van der Waals surface area contributed by atoms with E-state index in [1.165, 1.54) is 12.8 Å². The Balaban J connectivity index is 1.24. The molecule has 1 aliphatic carbocycles. The quantitative estimate of drug-likeness (QED) is 0.397. The highest BCUT2D eigenvalue weighted by Gasteiger charge is 2.27. The molecule has 2 aliphatic rings. The van der Waals surface area contributed by atoms with Crippen molar-refractivity contribution < 1.29 is 14.3 Å². The molecule has 1 saturated heterocycles. The summed E-state index contributed by atoms with van der Waals surface area (Å²) in [4.78, 5) is 33.2. The van der Waals surface area contributed by atoms with Crippen LogP contribution in [0, 0.1) is 5.92 Å². The SMILES string of the molecule is Cn1cc(NC(=O)[C@H](CC2CCCC2)NC(=O)c2cccc(Nc3ccc(N4CCOCC4)nc3)c2)cn1. The second kappa shape index (κ2) is 12.1. The van der Waals surface area contributed by atoms with Crippen LogP contribution in [0.3, 0.4) is 0 Å². The average Bonchev–Trinajstić information content (AvgIpc) is 3.61. The molecule has 10 nitrogen and oxygen atoms in total. The number of aromatic nitrogens is 3. The van der Waals surface area contributed by atoms with E-state index in [4.69, 9.17) is 4.74 Å². The van der Waals surface area contributed by atoms with E-state index in [1.807, 2.05) is 24.3 Å². The zero-order valence-corrected chi connectivity index (χ0v) is 21.7. The molecule has 0 unspecified atom stereocenters. The van der Waals surface area contributed by atoms with Crippen molar-refractivity contribution in [2.75, 3.05) is 41.8 Å². The first-order valence-electron chi connectivity index (χ1n) is 13.3. The third kappa shape index (κ3) is 6.69. The van der Waals surface area contributed by atoms with Gasteiger partial charge in [0.1, 0.15) is 11.9 Å². The molecular weight excluding hydrogens is 482 g/mol. The summed E-state index contributed by atoms with van der Waals surface area (Å²) in [5.74, 6) is 0.850. The van der Waals surface area contributed by atoms with Crippen molar-refractivity contribution in [3.8, 4) is 0 Å². The number of morpholine rings is 1. The lowest BCUT2D eigenvalue weighted by Gasteiger charge is -2.27. The maximum atomic E-state index is 13.3. The Labute approximate surface area is 222 Å². The van der Waals surface area contributed by atoms with Gasteiger partial charge < -0.3 is 25.6 Å². The number of hydrogen-bond acceptors (Lipinski definition) is 7. The van der Waals surface area contributed by atoms with Gasteiger partial charge in [0.2, 0.25) is 5.91 Å². The topological polar surface area (TPSA) is 113 Å². The summed E-state index contributed by atoms with van der Waals surface area (Å²) >= 11 is 0. The minimum atomic E-state index is -0.626. The highest BCUT2D eigenvalue weighted by Crippen LogP contribution is 2.29. The molecule has 5 rings (SSSR count). The largest absolute Gasteiger partial charge is 0.378 e. The van der Waals surface area contributed by atoms with Gasteiger partial charge in [0.25, 0.3) is 5.91 Å². The summed E-state index contributed by atoms with van der Waals surface area (Å²) in [5.41, 5.74) is 2.70. The molecule has 0 bridgehead atoms. The van der Waals surface area contributed by atoms with Gasteiger partial charge in [-0.1, -0.05) is 31.7 Å². The van der Waals surface area contributed by atoms with Crippen LogP contribution < -0.4 is 20.9 Å². The summed E-state index contributed by atoms with van der Waals surface area (Å²) < 4.78 is 7.04. The summed E-state index contributed by atoms with van der Waals surface area (Å²) in [6, 6.07) is 10.6. The lowest BCUT2D eigenvalue weighted by molar-refractivity contribution is -0.118. The number of hydrogen-bond donors (Lipinski definition) is 3. The molecule has 3 aromatic rings. The summed E-state index contributed by atoms with van der Waals surface area (Å²) in [5, 5.41) is 13.3. The van der Waals surface area contributed by atoms with Crippen LogP contribution in [-0.4, -0.2) is 58.9 Å². The summed E-state index contributed by atoms with van der Waals surface area (Å²) in [6.45, 7) is 3.09. The number of nitrogens with zero attached hydrogens (tertiary/aromatic N) is 4. The van der Waals surface area contributed by atoms with E-state index in [2.05, 4.69) is 30.9 Å². The Morgan fingerprint density at radius 3 is 2.58 bits per heavy atom. The number of rotatable bonds is 9. The van der Waals surface area contributed by atoms with E-state index < -0.39 is 6.04 Å². The Bertz CT molecular complexity index is 1230. The van der Waals surface area contributed by atoms with Crippen LogP contribution in [0.1, 0.15) is 42.5 Å². The second-order valence-electron chi connectivity index (χ2n) is 10.0. The molecule has 2 amide bonds. The lowest BCUT2D eigenvalue weighted by Crippen LogP contribution is -2.44. The van der Waals surface area contributed by atoms with E-state index in [-0.39, 0.29) is 11.8 Å². The number of nitrogens with one attached hydrogen (secondary N) is 3. The maximum Gasteiger partial charge on any atom is 0.252 e. The first-order valence-corrected chi connectivity index (χ1v) is 13.3. The number of carbonyl (C=O) groups excluding carboxylic acids is 2. The number of amides is 2. The van der Waals surface area contributed by atoms with Gasteiger partial charge in [0, 0.05) is 37.6 Å².